The quantitative estimate of drug-likeness (QED) is 0.296. The fraction of sp³-hybridized carbons (Fsp3) is 0.444. The Hall–Kier alpha value is -3.44. The summed E-state index contributed by atoms with van der Waals surface area (Å²) in [5.41, 5.74) is 13.8. The lowest BCUT2D eigenvalue weighted by atomic mass is 9.69. The highest BCUT2D eigenvalue weighted by molar-refractivity contribution is 6.08. The smallest absolute Gasteiger partial charge is 0.337 e. The average Bonchev–Trinajstić information content (AvgIpc) is 3.33. The van der Waals surface area contributed by atoms with Crippen molar-refractivity contribution < 1.29 is 18.8 Å². The number of aryl methyl sites for hydroxylation is 1. The zero-order valence-corrected chi connectivity index (χ0v) is 25.0. The van der Waals surface area contributed by atoms with Gasteiger partial charge in [-0.25, -0.2) is 4.79 Å². The molecule has 6 aliphatic rings. The number of fused-ring (bicyclic) bond motifs is 9. The molecule has 0 saturated heterocycles. The second-order valence-electron chi connectivity index (χ2n) is 13.8. The number of methoxy groups -OCH3 is 1. The van der Waals surface area contributed by atoms with Crippen LogP contribution in [0.5, 0.6) is 0 Å². The van der Waals surface area contributed by atoms with Gasteiger partial charge >= 0.3 is 5.97 Å². The summed E-state index contributed by atoms with van der Waals surface area (Å²) in [5, 5.41) is 0. The Balaban J connectivity index is 1.25. The number of allylic oxidation sites excluding steroid dienone is 2. The van der Waals surface area contributed by atoms with Crippen LogP contribution < -0.4 is 4.90 Å². The van der Waals surface area contributed by atoms with Crippen molar-refractivity contribution in [2.45, 2.75) is 76.9 Å². The Bertz CT molecular complexity index is 1680. The first-order chi connectivity index (χ1) is 19.6. The largest absolute Gasteiger partial charge is 0.465 e. The minimum absolute atomic E-state index is 0.0206. The first kappa shape index (κ1) is 25.3. The van der Waals surface area contributed by atoms with Crippen molar-refractivity contribution in [2.75, 3.05) is 25.1 Å². The van der Waals surface area contributed by atoms with Crippen LogP contribution in [0.3, 0.4) is 0 Å². The van der Waals surface area contributed by atoms with Crippen LogP contribution in [-0.2, 0) is 20.3 Å². The SMILES string of the molecule is COC(=O)c1ccc2c(c1)C(C)(C)C1=C3C=C4C=C5C6=[N+](CC[C@@H]5C[C@@H]4OC3CCN12)c1ccc(C)cc1C6(C)C. The summed E-state index contributed by atoms with van der Waals surface area (Å²) in [6.45, 7) is 13.6. The predicted octanol–water partition coefficient (Wildman–Crippen LogP) is 6.66. The lowest BCUT2D eigenvalue weighted by molar-refractivity contribution is -0.444. The Morgan fingerprint density at radius 3 is 2.63 bits per heavy atom. The predicted molar refractivity (Wildman–Crippen MR) is 161 cm³/mol. The van der Waals surface area contributed by atoms with Crippen molar-refractivity contribution in [3.63, 3.8) is 0 Å². The molecule has 5 heterocycles. The van der Waals surface area contributed by atoms with Crippen molar-refractivity contribution in [1.82, 2.24) is 0 Å². The molecule has 2 aromatic carbocycles. The van der Waals surface area contributed by atoms with Crippen molar-refractivity contribution in [3.05, 3.63) is 93.2 Å². The molecule has 1 aliphatic carbocycles. The number of anilines is 1. The van der Waals surface area contributed by atoms with Gasteiger partial charge in [0.05, 0.1) is 30.3 Å². The molecule has 2 aromatic rings. The number of hydrogen-bond acceptors (Lipinski definition) is 4. The zero-order chi connectivity index (χ0) is 28.4. The molecule has 0 fully saturated rings. The highest BCUT2D eigenvalue weighted by Gasteiger charge is 2.53. The second kappa shape index (κ2) is 8.32. The summed E-state index contributed by atoms with van der Waals surface area (Å²) >= 11 is 0. The Labute approximate surface area is 242 Å². The van der Waals surface area contributed by atoms with Gasteiger partial charge in [0, 0.05) is 52.5 Å². The molecule has 210 valence electrons. The second-order valence-corrected chi connectivity index (χ2v) is 13.8. The highest BCUT2D eigenvalue weighted by atomic mass is 16.5. The van der Waals surface area contributed by atoms with E-state index in [4.69, 9.17) is 9.47 Å². The molecule has 41 heavy (non-hydrogen) atoms. The standard InChI is InChI=1S/C36H39N2O3/c1-20-7-9-28-26(15-20)35(2,3)32-24-16-23-17-25-30(41-31(23)19-21(24)11-13-37(28)32)12-14-38-29-10-8-22(34(39)40-6)18-27(29)36(4,5)33(25)38/h7-10,15-18,21,30-31H,11-14,19H2,1-6H3/q+1/t21-,30?,31+/m1/s1. The maximum atomic E-state index is 12.4. The van der Waals surface area contributed by atoms with Crippen molar-refractivity contribution in [2.24, 2.45) is 5.92 Å². The maximum absolute atomic E-state index is 12.4. The molecule has 5 heteroatoms. The Kier molecular flexibility index (Phi) is 5.13. The topological polar surface area (TPSA) is 41.8 Å². The Morgan fingerprint density at radius 1 is 1.00 bits per heavy atom. The van der Waals surface area contributed by atoms with Gasteiger partial charge in [0.2, 0.25) is 5.69 Å². The van der Waals surface area contributed by atoms with Gasteiger partial charge < -0.3 is 14.4 Å². The molecule has 3 atom stereocenters. The van der Waals surface area contributed by atoms with E-state index in [1.165, 1.54) is 69.7 Å². The van der Waals surface area contributed by atoms with Crippen LogP contribution in [0.25, 0.3) is 0 Å². The van der Waals surface area contributed by atoms with E-state index in [1.807, 2.05) is 12.1 Å². The van der Waals surface area contributed by atoms with Crippen LogP contribution in [0.1, 0.15) is 74.0 Å². The first-order valence-corrected chi connectivity index (χ1v) is 15.2. The van der Waals surface area contributed by atoms with Crippen molar-refractivity contribution >= 4 is 23.1 Å². The molecule has 5 nitrogen and oxygen atoms in total. The number of rotatable bonds is 1. The Morgan fingerprint density at radius 2 is 1.83 bits per heavy atom. The van der Waals surface area contributed by atoms with E-state index in [0.717, 1.165) is 25.9 Å². The summed E-state index contributed by atoms with van der Waals surface area (Å²) in [5.74, 6) is 0.251. The molecule has 0 aromatic heterocycles. The molecular weight excluding hydrogens is 508 g/mol. The summed E-state index contributed by atoms with van der Waals surface area (Å²) < 4.78 is 14.6. The zero-order valence-electron chi connectivity index (χ0n) is 25.0. The molecule has 8 rings (SSSR count). The van der Waals surface area contributed by atoms with Gasteiger partial charge in [-0.15, -0.1) is 0 Å². The lowest BCUT2D eigenvalue weighted by Gasteiger charge is -2.44. The molecule has 0 bridgehead atoms. The molecule has 0 amide bonds. The van der Waals surface area contributed by atoms with Gasteiger partial charge in [0.15, 0.2) is 5.71 Å². The molecule has 0 spiro atoms. The third-order valence-electron chi connectivity index (χ3n) is 10.7. The van der Waals surface area contributed by atoms with Crippen LogP contribution in [-0.4, -0.2) is 48.7 Å². The third kappa shape index (κ3) is 3.33. The number of hydrogen-bond donors (Lipinski definition) is 0. The normalized spacial score (nSPS) is 28.0. The maximum Gasteiger partial charge on any atom is 0.337 e. The minimum atomic E-state index is -0.287. The summed E-state index contributed by atoms with van der Waals surface area (Å²) in [6, 6.07) is 13.0. The molecule has 5 aliphatic heterocycles. The van der Waals surface area contributed by atoms with E-state index in [9.17, 15) is 4.79 Å². The summed E-state index contributed by atoms with van der Waals surface area (Å²) in [6.07, 6.45) is 8.44. The van der Waals surface area contributed by atoms with Crippen LogP contribution in [0.2, 0.25) is 0 Å². The summed E-state index contributed by atoms with van der Waals surface area (Å²) in [7, 11) is 1.45. The number of carbonyl (C=O) groups is 1. The monoisotopic (exact) mass is 547 g/mol. The van der Waals surface area contributed by atoms with Crippen LogP contribution >= 0.6 is 0 Å². The molecule has 1 unspecified atom stereocenters. The lowest BCUT2D eigenvalue weighted by Crippen LogP contribution is -2.45. The molecular formula is C36H39N2O3+. The number of benzene rings is 2. The fourth-order valence-electron chi connectivity index (χ4n) is 8.81. The van der Waals surface area contributed by atoms with E-state index < -0.39 is 0 Å². The van der Waals surface area contributed by atoms with Crippen LogP contribution in [0, 0.1) is 12.8 Å². The van der Waals surface area contributed by atoms with E-state index in [2.05, 4.69) is 80.5 Å². The number of nitrogens with zero attached hydrogens (tertiary/aromatic N) is 2. The van der Waals surface area contributed by atoms with Gasteiger partial charge in [-0.05, 0) is 87.1 Å². The van der Waals surface area contributed by atoms with E-state index >= 15 is 0 Å². The minimum Gasteiger partial charge on any atom is -0.465 e. The fourth-order valence-corrected chi connectivity index (χ4v) is 8.81. The van der Waals surface area contributed by atoms with Crippen LogP contribution in [0.15, 0.2) is 71.0 Å². The van der Waals surface area contributed by atoms with Gasteiger partial charge in [0.1, 0.15) is 6.54 Å². The van der Waals surface area contributed by atoms with Crippen LogP contribution in [0.4, 0.5) is 11.4 Å². The highest BCUT2D eigenvalue weighted by Crippen LogP contribution is 2.54. The average molecular weight is 548 g/mol. The van der Waals surface area contributed by atoms with Gasteiger partial charge in [-0.3, -0.25) is 0 Å². The molecule has 0 radical (unpaired) electrons. The van der Waals surface area contributed by atoms with E-state index in [1.54, 1.807) is 0 Å². The number of carbonyl (C=O) groups excluding carboxylic acids is 1. The van der Waals surface area contributed by atoms with Crippen molar-refractivity contribution in [1.29, 1.82) is 0 Å². The van der Waals surface area contributed by atoms with E-state index in [0.29, 0.717) is 11.5 Å². The molecule has 0 saturated carbocycles. The van der Waals surface area contributed by atoms with Gasteiger partial charge in [0.25, 0.3) is 0 Å². The third-order valence-corrected chi connectivity index (χ3v) is 10.7. The first-order valence-electron chi connectivity index (χ1n) is 15.2. The number of ether oxygens (including phenoxy) is 2. The molecule has 0 N–H and O–H groups in total. The van der Waals surface area contributed by atoms with Crippen molar-refractivity contribution in [3.8, 4) is 0 Å². The summed E-state index contributed by atoms with van der Waals surface area (Å²) in [4.78, 5) is 14.8. The van der Waals surface area contributed by atoms with E-state index in [-0.39, 0.29) is 29.0 Å². The number of esters is 1. The van der Waals surface area contributed by atoms with Gasteiger partial charge in [-0.2, -0.15) is 4.58 Å². The van der Waals surface area contributed by atoms with Gasteiger partial charge in [-0.1, -0.05) is 25.5 Å².